The smallest absolute Gasteiger partial charge is 0.191 e. The largest absolute Gasteiger partial charge is 0.379 e. The number of hydrogen-bond donors (Lipinski definition) is 2. The molecule has 4 rings (SSSR count). The zero-order valence-electron chi connectivity index (χ0n) is 18.7. The standard InChI is InChI=1S/C24H36N6O/c1-25-23(27-17-21-6-5-7-22(16-21)18-29-11-10-26-20-29)28-19-24(8-3-2-4-9-24)30-12-14-31-15-13-30/h5-7,10-11,16,20H,2-4,8-9,12-15,17-19H2,1H3,(H2,25,27,28). The van der Waals surface area contributed by atoms with Crippen molar-refractivity contribution in [1.29, 1.82) is 0 Å². The molecule has 2 fully saturated rings. The normalized spacial score (nSPS) is 19.8. The lowest BCUT2D eigenvalue weighted by Crippen LogP contribution is -2.60. The summed E-state index contributed by atoms with van der Waals surface area (Å²) in [4.78, 5) is 11.3. The van der Waals surface area contributed by atoms with E-state index in [0.717, 1.165) is 51.9 Å². The molecule has 0 bridgehead atoms. The summed E-state index contributed by atoms with van der Waals surface area (Å²) < 4.78 is 7.69. The van der Waals surface area contributed by atoms with Crippen LogP contribution < -0.4 is 10.6 Å². The van der Waals surface area contributed by atoms with Gasteiger partial charge in [0.1, 0.15) is 0 Å². The Morgan fingerprint density at radius 3 is 2.68 bits per heavy atom. The second-order valence-corrected chi connectivity index (χ2v) is 8.72. The SMILES string of the molecule is CN=C(NCc1cccc(Cn2ccnc2)c1)NCC1(N2CCOCC2)CCCCC1. The molecule has 1 aromatic carbocycles. The number of aromatic nitrogens is 2. The maximum atomic E-state index is 5.61. The molecule has 7 heteroatoms. The zero-order valence-corrected chi connectivity index (χ0v) is 18.7. The predicted octanol–water partition coefficient (Wildman–Crippen LogP) is 2.63. The van der Waals surface area contributed by atoms with Gasteiger partial charge in [-0.1, -0.05) is 43.5 Å². The first kappa shape index (κ1) is 21.8. The van der Waals surface area contributed by atoms with Gasteiger partial charge in [0.15, 0.2) is 5.96 Å². The molecule has 1 aromatic heterocycles. The summed E-state index contributed by atoms with van der Waals surface area (Å²) in [6, 6.07) is 8.69. The quantitative estimate of drug-likeness (QED) is 0.528. The summed E-state index contributed by atoms with van der Waals surface area (Å²) in [7, 11) is 1.85. The van der Waals surface area contributed by atoms with E-state index in [0.29, 0.717) is 0 Å². The van der Waals surface area contributed by atoms with Gasteiger partial charge in [0, 0.05) is 57.7 Å². The number of morpholine rings is 1. The van der Waals surface area contributed by atoms with Crippen molar-refractivity contribution >= 4 is 5.96 Å². The Bertz CT molecular complexity index is 822. The van der Waals surface area contributed by atoms with Crippen molar-refractivity contribution < 1.29 is 4.74 Å². The fourth-order valence-electron chi connectivity index (χ4n) is 4.94. The van der Waals surface area contributed by atoms with Gasteiger partial charge in [-0.25, -0.2) is 4.98 Å². The van der Waals surface area contributed by atoms with Gasteiger partial charge in [0.2, 0.25) is 0 Å². The van der Waals surface area contributed by atoms with E-state index >= 15 is 0 Å². The summed E-state index contributed by atoms with van der Waals surface area (Å²) in [5.41, 5.74) is 2.75. The van der Waals surface area contributed by atoms with E-state index in [1.165, 1.54) is 43.2 Å². The van der Waals surface area contributed by atoms with Crippen LogP contribution in [-0.2, 0) is 17.8 Å². The number of nitrogens with zero attached hydrogens (tertiary/aromatic N) is 4. The van der Waals surface area contributed by atoms with Crippen molar-refractivity contribution in [3.8, 4) is 0 Å². The first-order valence-corrected chi connectivity index (χ1v) is 11.6. The Hall–Kier alpha value is -2.38. The van der Waals surface area contributed by atoms with E-state index in [1.54, 1.807) is 0 Å². The third kappa shape index (κ3) is 5.86. The van der Waals surface area contributed by atoms with Gasteiger partial charge in [-0.05, 0) is 24.0 Å². The van der Waals surface area contributed by atoms with E-state index in [-0.39, 0.29) is 5.54 Å². The van der Waals surface area contributed by atoms with Crippen LogP contribution in [0, 0.1) is 0 Å². The third-order valence-corrected chi connectivity index (χ3v) is 6.65. The summed E-state index contributed by atoms with van der Waals surface area (Å²) >= 11 is 0. The van der Waals surface area contributed by atoms with Crippen LogP contribution in [0.2, 0.25) is 0 Å². The molecule has 168 valence electrons. The van der Waals surface area contributed by atoms with Gasteiger partial charge < -0.3 is 19.9 Å². The minimum atomic E-state index is 0.227. The highest BCUT2D eigenvalue weighted by atomic mass is 16.5. The van der Waals surface area contributed by atoms with Gasteiger partial charge in [0.25, 0.3) is 0 Å². The molecule has 0 unspecified atom stereocenters. The Morgan fingerprint density at radius 2 is 1.94 bits per heavy atom. The molecule has 2 N–H and O–H groups in total. The Kier molecular flexibility index (Phi) is 7.59. The van der Waals surface area contributed by atoms with E-state index in [4.69, 9.17) is 4.74 Å². The lowest BCUT2D eigenvalue weighted by Gasteiger charge is -2.48. The van der Waals surface area contributed by atoms with Gasteiger partial charge in [-0.2, -0.15) is 0 Å². The molecule has 2 aromatic rings. The third-order valence-electron chi connectivity index (χ3n) is 6.65. The van der Waals surface area contributed by atoms with Gasteiger partial charge in [-0.3, -0.25) is 9.89 Å². The van der Waals surface area contributed by atoms with Crippen LogP contribution in [0.15, 0.2) is 48.0 Å². The molecule has 1 aliphatic heterocycles. The van der Waals surface area contributed by atoms with Gasteiger partial charge in [-0.15, -0.1) is 0 Å². The number of nitrogens with one attached hydrogen (secondary N) is 2. The molecule has 0 radical (unpaired) electrons. The van der Waals surface area contributed by atoms with Crippen LogP contribution >= 0.6 is 0 Å². The Labute approximate surface area is 185 Å². The van der Waals surface area contributed by atoms with Crippen molar-refractivity contribution in [2.45, 2.75) is 50.7 Å². The lowest BCUT2D eigenvalue weighted by atomic mass is 9.80. The number of hydrogen-bond acceptors (Lipinski definition) is 4. The first-order valence-electron chi connectivity index (χ1n) is 11.6. The number of benzene rings is 1. The Balaban J connectivity index is 1.33. The molecule has 1 aliphatic carbocycles. The van der Waals surface area contributed by atoms with Crippen molar-refractivity contribution in [3.63, 3.8) is 0 Å². The minimum Gasteiger partial charge on any atom is -0.379 e. The van der Waals surface area contributed by atoms with Crippen LogP contribution in [0.1, 0.15) is 43.2 Å². The minimum absolute atomic E-state index is 0.227. The molecule has 0 amide bonds. The summed E-state index contributed by atoms with van der Waals surface area (Å²) in [5.74, 6) is 0.873. The molecule has 0 spiro atoms. The average molecular weight is 425 g/mol. The average Bonchev–Trinajstić information content (AvgIpc) is 3.34. The number of imidazole rings is 1. The highest BCUT2D eigenvalue weighted by Crippen LogP contribution is 2.33. The maximum Gasteiger partial charge on any atom is 0.191 e. The molecule has 0 atom stereocenters. The second-order valence-electron chi connectivity index (χ2n) is 8.72. The number of rotatable bonds is 7. The molecule has 1 saturated carbocycles. The van der Waals surface area contributed by atoms with E-state index in [2.05, 4.69) is 54.3 Å². The van der Waals surface area contributed by atoms with Gasteiger partial charge >= 0.3 is 0 Å². The van der Waals surface area contributed by atoms with Crippen LogP contribution in [0.5, 0.6) is 0 Å². The molecule has 1 saturated heterocycles. The molecule has 2 aliphatic rings. The molecule has 7 nitrogen and oxygen atoms in total. The summed E-state index contributed by atoms with van der Waals surface area (Å²) in [6.45, 7) is 6.31. The molecular formula is C24H36N6O. The second kappa shape index (κ2) is 10.8. The van der Waals surface area contributed by atoms with E-state index in [1.807, 2.05) is 25.8 Å². The fourth-order valence-corrected chi connectivity index (χ4v) is 4.94. The van der Waals surface area contributed by atoms with Crippen molar-refractivity contribution in [3.05, 3.63) is 54.1 Å². The van der Waals surface area contributed by atoms with Crippen LogP contribution in [-0.4, -0.2) is 65.8 Å². The molecule has 31 heavy (non-hydrogen) atoms. The van der Waals surface area contributed by atoms with Gasteiger partial charge in [0.05, 0.1) is 19.5 Å². The number of guanidine groups is 1. The van der Waals surface area contributed by atoms with Crippen molar-refractivity contribution in [2.24, 2.45) is 4.99 Å². The number of ether oxygens (including phenoxy) is 1. The van der Waals surface area contributed by atoms with Crippen LogP contribution in [0.4, 0.5) is 0 Å². The van der Waals surface area contributed by atoms with Crippen molar-refractivity contribution in [2.75, 3.05) is 39.9 Å². The van der Waals surface area contributed by atoms with E-state index in [9.17, 15) is 0 Å². The zero-order chi connectivity index (χ0) is 21.4. The monoisotopic (exact) mass is 424 g/mol. The topological polar surface area (TPSA) is 66.7 Å². The number of aliphatic imine (C=N–C) groups is 1. The van der Waals surface area contributed by atoms with Crippen molar-refractivity contribution in [1.82, 2.24) is 25.1 Å². The summed E-state index contributed by atoms with van der Waals surface area (Å²) in [6.07, 6.45) is 12.2. The summed E-state index contributed by atoms with van der Waals surface area (Å²) in [5, 5.41) is 7.15. The maximum absolute atomic E-state index is 5.61. The molecular weight excluding hydrogens is 388 g/mol. The Morgan fingerprint density at radius 1 is 1.13 bits per heavy atom. The fraction of sp³-hybridized carbons (Fsp3) is 0.583. The van der Waals surface area contributed by atoms with E-state index < -0.39 is 0 Å². The predicted molar refractivity (Wildman–Crippen MR) is 124 cm³/mol. The lowest BCUT2D eigenvalue weighted by molar-refractivity contribution is -0.0352. The highest BCUT2D eigenvalue weighted by Gasteiger charge is 2.38. The molecule has 2 heterocycles. The first-order chi connectivity index (χ1) is 15.3. The van der Waals surface area contributed by atoms with Crippen LogP contribution in [0.25, 0.3) is 0 Å². The van der Waals surface area contributed by atoms with Crippen LogP contribution in [0.3, 0.4) is 0 Å². The highest BCUT2D eigenvalue weighted by molar-refractivity contribution is 5.79.